The first-order valence-electron chi connectivity index (χ1n) is 4.89. The average Bonchev–Trinajstić information content (AvgIpc) is 2.14. The predicted octanol–water partition coefficient (Wildman–Crippen LogP) is 3.15. The molecule has 15 heavy (non-hydrogen) atoms. The lowest BCUT2D eigenvalue weighted by molar-refractivity contribution is -0.0157. The normalized spacial score (nSPS) is 11.5. The largest absolute Gasteiger partial charge is 0.496 e. The van der Waals surface area contributed by atoms with Crippen molar-refractivity contribution in [1.29, 1.82) is 0 Å². The molecular formula is C12H17FO2. The van der Waals surface area contributed by atoms with Gasteiger partial charge in [0.05, 0.1) is 19.3 Å². The van der Waals surface area contributed by atoms with Gasteiger partial charge in [-0.2, -0.15) is 0 Å². The molecule has 0 amide bonds. The van der Waals surface area contributed by atoms with E-state index in [0.717, 1.165) is 5.56 Å². The predicted molar refractivity (Wildman–Crippen MR) is 57.5 cm³/mol. The van der Waals surface area contributed by atoms with Crippen LogP contribution in [-0.4, -0.2) is 12.7 Å². The fourth-order valence-corrected chi connectivity index (χ4v) is 1.15. The minimum Gasteiger partial charge on any atom is -0.496 e. The minimum atomic E-state index is -0.275. The molecule has 0 unspecified atom stereocenters. The molecule has 0 atom stereocenters. The van der Waals surface area contributed by atoms with E-state index in [1.807, 2.05) is 20.8 Å². The first-order chi connectivity index (χ1) is 6.92. The third-order valence-electron chi connectivity index (χ3n) is 1.90. The van der Waals surface area contributed by atoms with Crippen LogP contribution in [0.3, 0.4) is 0 Å². The van der Waals surface area contributed by atoms with E-state index in [-0.39, 0.29) is 11.4 Å². The Labute approximate surface area is 90.0 Å². The van der Waals surface area contributed by atoms with Gasteiger partial charge in [-0.05, 0) is 39.0 Å². The fourth-order valence-electron chi connectivity index (χ4n) is 1.15. The number of rotatable bonds is 3. The Morgan fingerprint density at radius 3 is 2.47 bits per heavy atom. The molecule has 0 heterocycles. The van der Waals surface area contributed by atoms with Crippen LogP contribution in [0.1, 0.15) is 26.3 Å². The summed E-state index contributed by atoms with van der Waals surface area (Å²) in [5.41, 5.74) is 0.490. The van der Waals surface area contributed by atoms with Crippen molar-refractivity contribution in [2.75, 3.05) is 7.11 Å². The molecule has 0 radical (unpaired) electrons. The van der Waals surface area contributed by atoms with Crippen molar-refractivity contribution in [1.82, 2.24) is 0 Å². The summed E-state index contributed by atoms with van der Waals surface area (Å²) in [4.78, 5) is 0. The van der Waals surface area contributed by atoms with Gasteiger partial charge < -0.3 is 9.47 Å². The van der Waals surface area contributed by atoms with Gasteiger partial charge in [-0.15, -0.1) is 0 Å². The first kappa shape index (κ1) is 12.0. The molecule has 1 aromatic rings. The number of benzene rings is 1. The van der Waals surface area contributed by atoms with Crippen LogP contribution in [0.2, 0.25) is 0 Å². The summed E-state index contributed by atoms with van der Waals surface area (Å²) in [6.07, 6.45) is 0. The third-order valence-corrected chi connectivity index (χ3v) is 1.90. The first-order valence-corrected chi connectivity index (χ1v) is 4.89. The summed E-state index contributed by atoms with van der Waals surface area (Å²) >= 11 is 0. The number of halogens is 1. The standard InChI is InChI=1S/C12H17FO2/c1-12(2,3)15-8-9-7-10(13)5-6-11(9)14-4/h5-7H,8H2,1-4H3. The molecule has 0 saturated carbocycles. The van der Waals surface area contributed by atoms with Crippen LogP contribution < -0.4 is 4.74 Å². The fraction of sp³-hybridized carbons (Fsp3) is 0.500. The molecule has 0 fully saturated rings. The Bertz CT molecular complexity index is 329. The molecule has 1 aromatic carbocycles. The van der Waals surface area contributed by atoms with Gasteiger partial charge in [-0.1, -0.05) is 0 Å². The zero-order valence-electron chi connectivity index (χ0n) is 9.63. The summed E-state index contributed by atoms with van der Waals surface area (Å²) in [6, 6.07) is 4.42. The maximum Gasteiger partial charge on any atom is 0.124 e. The van der Waals surface area contributed by atoms with E-state index in [1.54, 1.807) is 13.2 Å². The van der Waals surface area contributed by atoms with E-state index < -0.39 is 0 Å². The molecule has 0 aliphatic heterocycles. The summed E-state index contributed by atoms with van der Waals surface area (Å²) < 4.78 is 23.7. The van der Waals surface area contributed by atoms with Crippen LogP contribution in [0.25, 0.3) is 0 Å². The van der Waals surface area contributed by atoms with Crippen LogP contribution in [0.5, 0.6) is 5.75 Å². The average molecular weight is 212 g/mol. The Morgan fingerprint density at radius 2 is 1.93 bits per heavy atom. The van der Waals surface area contributed by atoms with Gasteiger partial charge in [0.25, 0.3) is 0 Å². The van der Waals surface area contributed by atoms with Gasteiger partial charge in [-0.25, -0.2) is 4.39 Å². The van der Waals surface area contributed by atoms with Crippen molar-refractivity contribution in [3.8, 4) is 5.75 Å². The van der Waals surface area contributed by atoms with E-state index in [9.17, 15) is 4.39 Å². The lowest BCUT2D eigenvalue weighted by atomic mass is 10.1. The molecule has 0 aliphatic rings. The highest BCUT2D eigenvalue weighted by molar-refractivity contribution is 5.33. The van der Waals surface area contributed by atoms with Crippen LogP contribution in [0.4, 0.5) is 4.39 Å². The molecule has 0 N–H and O–H groups in total. The topological polar surface area (TPSA) is 18.5 Å². The summed E-state index contributed by atoms with van der Waals surface area (Å²) in [6.45, 7) is 6.22. The maximum atomic E-state index is 13.0. The summed E-state index contributed by atoms with van der Waals surface area (Å²) in [7, 11) is 1.56. The van der Waals surface area contributed by atoms with Crippen LogP contribution >= 0.6 is 0 Å². The Morgan fingerprint density at radius 1 is 1.27 bits per heavy atom. The van der Waals surface area contributed by atoms with Crippen LogP contribution in [0.15, 0.2) is 18.2 Å². The highest BCUT2D eigenvalue weighted by Gasteiger charge is 2.12. The SMILES string of the molecule is COc1ccc(F)cc1COC(C)(C)C. The molecule has 0 aromatic heterocycles. The number of hydrogen-bond donors (Lipinski definition) is 0. The molecular weight excluding hydrogens is 195 g/mol. The van der Waals surface area contributed by atoms with Crippen LogP contribution in [0, 0.1) is 5.82 Å². The highest BCUT2D eigenvalue weighted by Crippen LogP contribution is 2.22. The second-order valence-electron chi connectivity index (χ2n) is 4.36. The summed E-state index contributed by atoms with van der Waals surface area (Å²) in [5.74, 6) is 0.379. The highest BCUT2D eigenvalue weighted by atomic mass is 19.1. The zero-order valence-corrected chi connectivity index (χ0v) is 9.63. The van der Waals surface area contributed by atoms with Crippen LogP contribution in [-0.2, 0) is 11.3 Å². The van der Waals surface area contributed by atoms with E-state index in [1.165, 1.54) is 12.1 Å². The van der Waals surface area contributed by atoms with Crippen molar-refractivity contribution in [2.45, 2.75) is 33.0 Å². The van der Waals surface area contributed by atoms with Gasteiger partial charge in [0.15, 0.2) is 0 Å². The molecule has 0 bridgehead atoms. The van der Waals surface area contributed by atoms with Crippen molar-refractivity contribution in [2.24, 2.45) is 0 Å². The number of hydrogen-bond acceptors (Lipinski definition) is 2. The van der Waals surface area contributed by atoms with Gasteiger partial charge in [-0.3, -0.25) is 0 Å². The third kappa shape index (κ3) is 3.88. The minimum absolute atomic E-state index is 0.239. The van der Waals surface area contributed by atoms with E-state index in [4.69, 9.17) is 9.47 Å². The second-order valence-corrected chi connectivity index (χ2v) is 4.36. The lowest BCUT2D eigenvalue weighted by Crippen LogP contribution is -2.18. The molecule has 1 rings (SSSR count). The van der Waals surface area contributed by atoms with Crippen molar-refractivity contribution < 1.29 is 13.9 Å². The molecule has 2 nitrogen and oxygen atoms in total. The quantitative estimate of drug-likeness (QED) is 0.766. The molecule has 3 heteroatoms. The molecule has 84 valence electrons. The molecule has 0 saturated heterocycles. The van der Waals surface area contributed by atoms with E-state index >= 15 is 0 Å². The van der Waals surface area contributed by atoms with Gasteiger partial charge in [0.1, 0.15) is 11.6 Å². The second kappa shape index (κ2) is 4.62. The Hall–Kier alpha value is -1.09. The van der Waals surface area contributed by atoms with Crippen molar-refractivity contribution in [3.63, 3.8) is 0 Å². The Kier molecular flexibility index (Phi) is 3.69. The van der Waals surface area contributed by atoms with Crippen molar-refractivity contribution >= 4 is 0 Å². The smallest absolute Gasteiger partial charge is 0.124 e. The molecule has 0 aliphatic carbocycles. The van der Waals surface area contributed by atoms with Gasteiger partial charge in [0.2, 0.25) is 0 Å². The van der Waals surface area contributed by atoms with E-state index in [0.29, 0.717) is 12.4 Å². The lowest BCUT2D eigenvalue weighted by Gasteiger charge is -2.20. The van der Waals surface area contributed by atoms with E-state index in [2.05, 4.69) is 0 Å². The maximum absolute atomic E-state index is 13.0. The molecule has 0 spiro atoms. The van der Waals surface area contributed by atoms with Crippen molar-refractivity contribution in [3.05, 3.63) is 29.6 Å². The Balaban J connectivity index is 2.79. The monoisotopic (exact) mass is 212 g/mol. The van der Waals surface area contributed by atoms with Gasteiger partial charge >= 0.3 is 0 Å². The number of ether oxygens (including phenoxy) is 2. The summed E-state index contributed by atoms with van der Waals surface area (Å²) in [5, 5.41) is 0. The van der Waals surface area contributed by atoms with Gasteiger partial charge in [0, 0.05) is 5.56 Å². The zero-order chi connectivity index (χ0) is 11.5. The number of methoxy groups -OCH3 is 1.